The highest BCUT2D eigenvalue weighted by atomic mass is 16.6. The molecule has 108 valence electrons. The smallest absolute Gasteiger partial charge is 0.274 e. The van der Waals surface area contributed by atoms with E-state index < -0.39 is 4.92 Å². The highest BCUT2D eigenvalue weighted by molar-refractivity contribution is 5.47. The van der Waals surface area contributed by atoms with Gasteiger partial charge in [0.15, 0.2) is 0 Å². The maximum absolute atomic E-state index is 11.2. The second-order valence-electron chi connectivity index (χ2n) is 4.83. The van der Waals surface area contributed by atoms with Gasteiger partial charge in [-0.25, -0.2) is 0 Å². The highest BCUT2D eigenvalue weighted by Crippen LogP contribution is 2.34. The van der Waals surface area contributed by atoms with Gasteiger partial charge in [-0.05, 0) is 18.6 Å². The van der Waals surface area contributed by atoms with Gasteiger partial charge in [-0.1, -0.05) is 6.08 Å². The molecular formula is C14H19N3O3. The molecule has 2 rings (SSSR count). The van der Waals surface area contributed by atoms with Crippen LogP contribution in [0.3, 0.4) is 0 Å². The Kier molecular flexibility index (Phi) is 4.70. The fraction of sp³-hybridized carbons (Fsp3) is 0.429. The minimum atomic E-state index is -0.396. The molecule has 6 heteroatoms. The SMILES string of the molecule is C=CC[C@H](c1cc(O)ccc1[N+](=O)[O-])N1CCNCC1. The van der Waals surface area contributed by atoms with Gasteiger partial charge in [0.1, 0.15) is 5.75 Å². The third-order valence-corrected chi connectivity index (χ3v) is 3.55. The van der Waals surface area contributed by atoms with Crippen molar-refractivity contribution in [1.29, 1.82) is 0 Å². The molecule has 0 aromatic heterocycles. The number of hydrogen-bond acceptors (Lipinski definition) is 5. The van der Waals surface area contributed by atoms with Crippen molar-refractivity contribution >= 4 is 5.69 Å². The molecular weight excluding hydrogens is 258 g/mol. The molecule has 0 amide bonds. The number of nitrogens with one attached hydrogen (secondary N) is 1. The van der Waals surface area contributed by atoms with Gasteiger partial charge in [0.25, 0.3) is 5.69 Å². The number of benzene rings is 1. The molecule has 0 unspecified atom stereocenters. The van der Waals surface area contributed by atoms with Crippen LogP contribution in [0.15, 0.2) is 30.9 Å². The van der Waals surface area contributed by atoms with Gasteiger partial charge in [-0.2, -0.15) is 0 Å². The Morgan fingerprint density at radius 2 is 2.20 bits per heavy atom. The maximum Gasteiger partial charge on any atom is 0.274 e. The molecule has 0 bridgehead atoms. The summed E-state index contributed by atoms with van der Waals surface area (Å²) in [4.78, 5) is 13.0. The summed E-state index contributed by atoms with van der Waals surface area (Å²) < 4.78 is 0. The summed E-state index contributed by atoms with van der Waals surface area (Å²) in [6.45, 7) is 7.12. The molecule has 1 aromatic rings. The van der Waals surface area contributed by atoms with Crippen LogP contribution in [0, 0.1) is 10.1 Å². The van der Waals surface area contributed by atoms with Crippen molar-refractivity contribution in [2.75, 3.05) is 26.2 Å². The molecule has 2 N–H and O–H groups in total. The van der Waals surface area contributed by atoms with E-state index in [1.54, 1.807) is 6.08 Å². The second-order valence-corrected chi connectivity index (χ2v) is 4.83. The highest BCUT2D eigenvalue weighted by Gasteiger charge is 2.27. The van der Waals surface area contributed by atoms with E-state index in [0.29, 0.717) is 12.0 Å². The average molecular weight is 277 g/mol. The predicted octanol–water partition coefficient (Wildman–Crippen LogP) is 1.82. The van der Waals surface area contributed by atoms with Crippen LogP contribution in [-0.4, -0.2) is 41.1 Å². The minimum Gasteiger partial charge on any atom is -0.508 e. The Morgan fingerprint density at radius 3 is 2.80 bits per heavy atom. The fourth-order valence-electron chi connectivity index (χ4n) is 2.60. The van der Waals surface area contributed by atoms with E-state index in [-0.39, 0.29) is 17.5 Å². The average Bonchev–Trinajstić information content (AvgIpc) is 2.45. The summed E-state index contributed by atoms with van der Waals surface area (Å²) in [6.07, 6.45) is 2.38. The van der Waals surface area contributed by atoms with Gasteiger partial charge in [0, 0.05) is 38.3 Å². The zero-order chi connectivity index (χ0) is 14.5. The van der Waals surface area contributed by atoms with E-state index in [4.69, 9.17) is 0 Å². The molecule has 1 fully saturated rings. The normalized spacial score (nSPS) is 17.6. The summed E-state index contributed by atoms with van der Waals surface area (Å²) >= 11 is 0. The number of nitro benzene ring substituents is 1. The summed E-state index contributed by atoms with van der Waals surface area (Å²) in [7, 11) is 0. The zero-order valence-corrected chi connectivity index (χ0v) is 11.3. The van der Waals surface area contributed by atoms with Crippen LogP contribution >= 0.6 is 0 Å². The monoisotopic (exact) mass is 277 g/mol. The Hall–Kier alpha value is -1.92. The molecule has 1 aliphatic heterocycles. The van der Waals surface area contributed by atoms with Crippen LogP contribution in [0.1, 0.15) is 18.0 Å². The van der Waals surface area contributed by atoms with Crippen molar-refractivity contribution in [3.05, 3.63) is 46.5 Å². The number of phenolic OH excluding ortho intramolecular Hbond substituents is 1. The van der Waals surface area contributed by atoms with Gasteiger partial charge in [-0.15, -0.1) is 6.58 Å². The predicted molar refractivity (Wildman–Crippen MR) is 76.8 cm³/mol. The zero-order valence-electron chi connectivity index (χ0n) is 11.3. The first kappa shape index (κ1) is 14.5. The minimum absolute atomic E-state index is 0.0492. The number of rotatable bonds is 5. The van der Waals surface area contributed by atoms with E-state index in [1.807, 2.05) is 0 Å². The molecule has 6 nitrogen and oxygen atoms in total. The molecule has 1 saturated heterocycles. The number of phenols is 1. The van der Waals surface area contributed by atoms with Crippen molar-refractivity contribution in [2.45, 2.75) is 12.5 Å². The molecule has 0 aliphatic carbocycles. The van der Waals surface area contributed by atoms with E-state index in [1.165, 1.54) is 18.2 Å². The number of nitrogens with zero attached hydrogens (tertiary/aromatic N) is 2. The molecule has 0 saturated carbocycles. The van der Waals surface area contributed by atoms with Gasteiger partial charge < -0.3 is 10.4 Å². The van der Waals surface area contributed by atoms with Crippen LogP contribution in [0.2, 0.25) is 0 Å². The van der Waals surface area contributed by atoms with Crippen LogP contribution in [0.25, 0.3) is 0 Å². The topological polar surface area (TPSA) is 78.6 Å². The second kappa shape index (κ2) is 6.49. The molecule has 1 aliphatic rings. The lowest BCUT2D eigenvalue weighted by molar-refractivity contribution is -0.386. The third-order valence-electron chi connectivity index (χ3n) is 3.55. The number of piperazine rings is 1. The van der Waals surface area contributed by atoms with Crippen LogP contribution in [0.4, 0.5) is 5.69 Å². The molecule has 0 radical (unpaired) electrons. The first-order valence-corrected chi connectivity index (χ1v) is 6.66. The first-order valence-electron chi connectivity index (χ1n) is 6.66. The molecule has 20 heavy (non-hydrogen) atoms. The quantitative estimate of drug-likeness (QED) is 0.487. The largest absolute Gasteiger partial charge is 0.508 e. The Labute approximate surface area is 117 Å². The van der Waals surface area contributed by atoms with Crippen LogP contribution in [-0.2, 0) is 0 Å². The van der Waals surface area contributed by atoms with E-state index in [9.17, 15) is 15.2 Å². The van der Waals surface area contributed by atoms with E-state index in [0.717, 1.165) is 26.2 Å². The lowest BCUT2D eigenvalue weighted by Gasteiger charge is -2.34. The molecule has 1 heterocycles. The number of hydrogen-bond donors (Lipinski definition) is 2. The molecule has 0 spiro atoms. The standard InChI is InChI=1S/C14H19N3O3/c1-2-3-13(16-8-6-15-7-9-16)12-10-11(18)4-5-14(12)17(19)20/h2,4-5,10,13,15,18H,1,3,6-9H2/t13-/m1/s1. The van der Waals surface area contributed by atoms with Crippen LogP contribution in [0.5, 0.6) is 5.75 Å². The molecule has 1 aromatic carbocycles. The summed E-state index contributed by atoms with van der Waals surface area (Å²) in [5.41, 5.74) is 0.602. The van der Waals surface area contributed by atoms with Gasteiger partial charge in [0.05, 0.1) is 10.5 Å². The van der Waals surface area contributed by atoms with E-state index >= 15 is 0 Å². The number of nitro groups is 1. The van der Waals surface area contributed by atoms with Crippen molar-refractivity contribution in [3.63, 3.8) is 0 Å². The van der Waals surface area contributed by atoms with Crippen molar-refractivity contribution in [2.24, 2.45) is 0 Å². The Morgan fingerprint density at radius 1 is 1.50 bits per heavy atom. The summed E-state index contributed by atoms with van der Waals surface area (Å²) in [5.74, 6) is 0.0507. The van der Waals surface area contributed by atoms with E-state index in [2.05, 4.69) is 16.8 Å². The lowest BCUT2D eigenvalue weighted by Crippen LogP contribution is -2.45. The third kappa shape index (κ3) is 3.15. The number of aromatic hydroxyl groups is 1. The first-order chi connectivity index (χ1) is 9.63. The van der Waals surface area contributed by atoms with Crippen molar-refractivity contribution in [1.82, 2.24) is 10.2 Å². The van der Waals surface area contributed by atoms with Crippen LogP contribution < -0.4 is 5.32 Å². The van der Waals surface area contributed by atoms with Gasteiger partial charge in [0.2, 0.25) is 0 Å². The van der Waals surface area contributed by atoms with Gasteiger partial charge in [-0.3, -0.25) is 15.0 Å². The summed E-state index contributed by atoms with van der Waals surface area (Å²) in [6, 6.07) is 4.09. The Bertz CT molecular complexity index is 498. The Balaban J connectivity index is 2.39. The lowest BCUT2D eigenvalue weighted by atomic mass is 9.99. The molecule has 1 atom stereocenters. The van der Waals surface area contributed by atoms with Crippen molar-refractivity contribution in [3.8, 4) is 5.75 Å². The fourth-order valence-corrected chi connectivity index (χ4v) is 2.60. The maximum atomic E-state index is 11.2. The van der Waals surface area contributed by atoms with Crippen molar-refractivity contribution < 1.29 is 10.0 Å². The summed E-state index contributed by atoms with van der Waals surface area (Å²) in [5, 5.41) is 24.1. The van der Waals surface area contributed by atoms with Gasteiger partial charge >= 0.3 is 0 Å².